The lowest BCUT2D eigenvalue weighted by molar-refractivity contribution is -0.142. The van der Waals surface area contributed by atoms with Crippen molar-refractivity contribution < 1.29 is 23.1 Å². The van der Waals surface area contributed by atoms with Gasteiger partial charge < -0.3 is 9.84 Å². The molecule has 0 unspecified atom stereocenters. The fourth-order valence-corrected chi connectivity index (χ4v) is 7.93. The van der Waals surface area contributed by atoms with Crippen LogP contribution in [0, 0.1) is 0 Å². The number of ether oxygens (including phenoxy) is 1. The first-order valence-corrected chi connectivity index (χ1v) is 14.6. The number of nitrogens with zero attached hydrogens (tertiary/aromatic N) is 1. The largest absolute Gasteiger partial charge is 0.496 e. The van der Waals surface area contributed by atoms with Crippen molar-refractivity contribution in [3.63, 3.8) is 0 Å². The van der Waals surface area contributed by atoms with Gasteiger partial charge >= 0.3 is 5.97 Å². The molecule has 1 saturated heterocycles. The number of sulfone groups is 1. The Labute approximate surface area is 214 Å². The zero-order valence-corrected chi connectivity index (χ0v) is 22.3. The van der Waals surface area contributed by atoms with Crippen LogP contribution < -0.4 is 10.1 Å². The summed E-state index contributed by atoms with van der Waals surface area (Å²) in [5, 5.41) is 13.4. The molecule has 1 fully saturated rings. The third kappa shape index (κ3) is 5.31. The summed E-state index contributed by atoms with van der Waals surface area (Å²) in [6.45, 7) is 5.18. The number of methoxy groups -OCH3 is 1. The lowest BCUT2D eigenvalue weighted by atomic mass is 9.88. The summed E-state index contributed by atoms with van der Waals surface area (Å²) >= 11 is 0. The summed E-state index contributed by atoms with van der Waals surface area (Å²) in [5.74, 6) is -0.230. The average Bonchev–Trinajstić information content (AvgIpc) is 3.31. The minimum atomic E-state index is -3.63. The number of aliphatic carboxylic acids is 1. The van der Waals surface area contributed by atoms with Crippen LogP contribution in [0.15, 0.2) is 47.4 Å². The molecule has 3 atom stereocenters. The summed E-state index contributed by atoms with van der Waals surface area (Å²) in [6, 6.07) is 12.7. The number of unbranched alkanes of at least 4 members (excludes halogenated alkanes) is 1. The third-order valence-electron chi connectivity index (χ3n) is 7.82. The topological polar surface area (TPSA) is 95.9 Å². The lowest BCUT2D eigenvalue weighted by Crippen LogP contribution is -2.50. The number of hydrogen-bond acceptors (Lipinski definition) is 6. The van der Waals surface area contributed by atoms with E-state index in [1.54, 1.807) is 13.2 Å². The first-order chi connectivity index (χ1) is 17.2. The van der Waals surface area contributed by atoms with E-state index >= 15 is 0 Å². The van der Waals surface area contributed by atoms with Crippen molar-refractivity contribution >= 4 is 15.8 Å². The van der Waals surface area contributed by atoms with Crippen LogP contribution in [0.4, 0.5) is 0 Å². The first-order valence-electron chi connectivity index (χ1n) is 13.0. The zero-order valence-electron chi connectivity index (χ0n) is 21.5. The van der Waals surface area contributed by atoms with Gasteiger partial charge in [0.15, 0.2) is 9.84 Å². The molecule has 0 spiro atoms. The van der Waals surface area contributed by atoms with Gasteiger partial charge in [-0.15, -0.1) is 0 Å². The van der Waals surface area contributed by atoms with Crippen LogP contribution in [0.5, 0.6) is 5.75 Å². The maximum atomic E-state index is 14.0. The van der Waals surface area contributed by atoms with Gasteiger partial charge in [0.25, 0.3) is 0 Å². The summed E-state index contributed by atoms with van der Waals surface area (Å²) in [5.41, 5.74) is 1.85. The standard InChI is InChI=1S/C28H38N2O5S/c1-4-6-14-28(5-2)19-36(33,34)25-16-21(18-30-15-10-13-23(30)27(31)32)24(35-3)17-22(25)26(29-28)20-11-8-7-9-12-20/h7-9,11-12,16-17,23,26,29H,4-6,10,13-15,18-19H2,1-3H3,(H,31,32)/t23-,26+,28+/m0/s1. The van der Waals surface area contributed by atoms with Gasteiger partial charge in [-0.05, 0) is 55.5 Å². The molecule has 2 aromatic carbocycles. The van der Waals surface area contributed by atoms with E-state index in [0.717, 1.165) is 31.2 Å². The highest BCUT2D eigenvalue weighted by molar-refractivity contribution is 7.91. The van der Waals surface area contributed by atoms with Crippen LogP contribution in [0.1, 0.15) is 75.1 Å². The molecule has 4 rings (SSSR count). The van der Waals surface area contributed by atoms with E-state index in [-0.39, 0.29) is 11.8 Å². The van der Waals surface area contributed by atoms with Crippen LogP contribution in [-0.2, 0) is 21.2 Å². The zero-order chi connectivity index (χ0) is 25.9. The molecule has 2 aromatic rings. The van der Waals surface area contributed by atoms with Crippen molar-refractivity contribution in [2.75, 3.05) is 19.4 Å². The Hall–Kier alpha value is -2.42. The van der Waals surface area contributed by atoms with Crippen molar-refractivity contribution in [1.29, 1.82) is 0 Å². The maximum Gasteiger partial charge on any atom is 0.320 e. The number of carboxylic acid groups (broad SMARTS) is 1. The molecule has 36 heavy (non-hydrogen) atoms. The molecule has 2 aliphatic rings. The van der Waals surface area contributed by atoms with Crippen molar-refractivity contribution in [3.8, 4) is 5.75 Å². The molecule has 0 bridgehead atoms. The monoisotopic (exact) mass is 514 g/mol. The molecule has 0 aliphatic carbocycles. The third-order valence-corrected chi connectivity index (χ3v) is 9.77. The van der Waals surface area contributed by atoms with Crippen molar-refractivity contribution in [2.24, 2.45) is 0 Å². The summed E-state index contributed by atoms with van der Waals surface area (Å²) in [4.78, 5) is 14.0. The van der Waals surface area contributed by atoms with Gasteiger partial charge in [-0.25, -0.2) is 8.42 Å². The smallest absolute Gasteiger partial charge is 0.320 e. The van der Waals surface area contributed by atoms with Crippen molar-refractivity contribution in [3.05, 3.63) is 59.2 Å². The Morgan fingerprint density at radius 1 is 1.22 bits per heavy atom. The molecule has 0 saturated carbocycles. The van der Waals surface area contributed by atoms with Crippen molar-refractivity contribution in [1.82, 2.24) is 10.2 Å². The Morgan fingerprint density at radius 3 is 2.61 bits per heavy atom. The fourth-order valence-electron chi connectivity index (χ4n) is 5.76. The van der Waals surface area contributed by atoms with Crippen LogP contribution >= 0.6 is 0 Å². The van der Waals surface area contributed by atoms with Crippen molar-refractivity contribution in [2.45, 2.75) is 81.4 Å². The number of rotatable bonds is 9. The van der Waals surface area contributed by atoms with Gasteiger partial charge in [-0.3, -0.25) is 15.0 Å². The number of nitrogens with one attached hydrogen (secondary N) is 1. The summed E-state index contributed by atoms with van der Waals surface area (Å²) in [6.07, 6.45) is 4.80. The normalized spacial score (nSPS) is 25.8. The highest BCUT2D eigenvalue weighted by atomic mass is 32.2. The van der Waals surface area contributed by atoms with E-state index in [0.29, 0.717) is 47.7 Å². The molecule has 0 aromatic heterocycles. The summed E-state index contributed by atoms with van der Waals surface area (Å²) in [7, 11) is -2.05. The fraction of sp³-hybridized carbons (Fsp3) is 0.536. The van der Waals surface area contributed by atoms with Gasteiger partial charge in [0.05, 0.1) is 23.8 Å². The molecule has 196 valence electrons. The van der Waals surface area contributed by atoms with Crippen LogP contribution in [-0.4, -0.2) is 55.4 Å². The van der Waals surface area contributed by atoms with Gasteiger partial charge in [0, 0.05) is 17.6 Å². The predicted molar refractivity (Wildman–Crippen MR) is 140 cm³/mol. The Kier molecular flexibility index (Phi) is 8.07. The molecular weight excluding hydrogens is 476 g/mol. The molecule has 2 N–H and O–H groups in total. The second-order valence-corrected chi connectivity index (χ2v) is 12.1. The van der Waals surface area contributed by atoms with E-state index < -0.39 is 27.4 Å². The Bertz CT molecular complexity index is 1180. The Balaban J connectivity index is 1.86. The van der Waals surface area contributed by atoms with Crippen LogP contribution in [0.3, 0.4) is 0 Å². The number of carbonyl (C=O) groups is 1. The predicted octanol–water partition coefficient (Wildman–Crippen LogP) is 4.55. The number of fused-ring (bicyclic) bond motifs is 1. The van der Waals surface area contributed by atoms with Crippen LogP contribution in [0.2, 0.25) is 0 Å². The average molecular weight is 515 g/mol. The number of benzene rings is 2. The van der Waals surface area contributed by atoms with E-state index in [1.165, 1.54) is 0 Å². The number of hydrogen-bond donors (Lipinski definition) is 2. The maximum absolute atomic E-state index is 14.0. The van der Waals surface area contributed by atoms with Crippen LogP contribution in [0.25, 0.3) is 0 Å². The summed E-state index contributed by atoms with van der Waals surface area (Å²) < 4.78 is 33.7. The minimum Gasteiger partial charge on any atom is -0.496 e. The van der Waals surface area contributed by atoms with E-state index in [4.69, 9.17) is 4.74 Å². The molecule has 2 heterocycles. The van der Waals surface area contributed by atoms with E-state index in [9.17, 15) is 18.3 Å². The van der Waals surface area contributed by atoms with E-state index in [2.05, 4.69) is 19.2 Å². The van der Waals surface area contributed by atoms with Gasteiger partial charge in [-0.2, -0.15) is 0 Å². The minimum absolute atomic E-state index is 0.0278. The van der Waals surface area contributed by atoms with Gasteiger partial charge in [0.1, 0.15) is 11.8 Å². The number of likely N-dealkylation sites (tertiary alicyclic amines) is 1. The molecular formula is C28H38N2O5S. The quantitative estimate of drug-likeness (QED) is 0.507. The molecule has 0 radical (unpaired) electrons. The number of carboxylic acids is 1. The molecule has 2 aliphatic heterocycles. The lowest BCUT2D eigenvalue weighted by Gasteiger charge is -2.36. The highest BCUT2D eigenvalue weighted by Gasteiger charge is 2.42. The Morgan fingerprint density at radius 2 is 1.97 bits per heavy atom. The van der Waals surface area contributed by atoms with E-state index in [1.807, 2.05) is 41.3 Å². The second kappa shape index (κ2) is 10.9. The SMILES string of the molecule is CCCC[C@]1(CC)CS(=O)(=O)c2cc(CN3CCC[C@H]3C(=O)O)c(OC)cc2[C@@H](c2ccccc2)N1. The molecule has 0 amide bonds. The molecule has 7 nitrogen and oxygen atoms in total. The molecule has 8 heteroatoms. The highest BCUT2D eigenvalue weighted by Crippen LogP contribution is 2.41. The second-order valence-electron chi connectivity index (χ2n) is 10.2. The van der Waals surface area contributed by atoms with Gasteiger partial charge in [0.2, 0.25) is 0 Å². The first kappa shape index (κ1) is 26.6. The van der Waals surface area contributed by atoms with Gasteiger partial charge in [-0.1, -0.05) is 57.0 Å².